The first-order chi connectivity index (χ1) is 12.1. The maximum Gasteiger partial charge on any atom is 0.303 e. The van der Waals surface area contributed by atoms with Crippen LogP contribution in [0.1, 0.15) is 24.5 Å². The Bertz CT molecular complexity index is 788. The lowest BCUT2D eigenvalue weighted by atomic mass is 9.53. The van der Waals surface area contributed by atoms with Gasteiger partial charge in [-0.05, 0) is 44.1 Å². The zero-order valence-electron chi connectivity index (χ0n) is 14.8. The van der Waals surface area contributed by atoms with Crippen LogP contribution < -0.4 is 9.47 Å². The van der Waals surface area contributed by atoms with Gasteiger partial charge in [0.05, 0.1) is 7.11 Å². The van der Waals surface area contributed by atoms with Crippen LogP contribution >= 0.6 is 0 Å². The van der Waals surface area contributed by atoms with Gasteiger partial charge in [0.15, 0.2) is 17.6 Å². The summed E-state index contributed by atoms with van der Waals surface area (Å²) in [6.07, 6.45) is 5.81. The van der Waals surface area contributed by atoms with E-state index in [4.69, 9.17) is 14.2 Å². The summed E-state index contributed by atoms with van der Waals surface area (Å²) in [5.74, 6) is 1.75. The van der Waals surface area contributed by atoms with Gasteiger partial charge in [-0.1, -0.05) is 12.1 Å². The van der Waals surface area contributed by atoms with E-state index in [1.54, 1.807) is 7.11 Å². The fraction of sp³-hybridized carbons (Fsp3) is 0.550. The number of nitrogens with zero attached hydrogens (tertiary/aromatic N) is 1. The average Bonchev–Trinajstić information content (AvgIpc) is 2.94. The molecular weight excluding hydrogens is 318 g/mol. The minimum Gasteiger partial charge on any atom is -0.493 e. The lowest BCUT2D eigenvalue weighted by Crippen LogP contribution is -2.65. The van der Waals surface area contributed by atoms with Crippen LogP contribution in [-0.4, -0.2) is 49.8 Å². The predicted molar refractivity (Wildman–Crippen MR) is 92.0 cm³/mol. The quantitative estimate of drug-likeness (QED) is 0.609. The van der Waals surface area contributed by atoms with E-state index >= 15 is 0 Å². The number of hydrogen-bond donors (Lipinski definition) is 0. The van der Waals surface area contributed by atoms with E-state index in [9.17, 15) is 4.79 Å². The van der Waals surface area contributed by atoms with Gasteiger partial charge in [0, 0.05) is 29.9 Å². The molecule has 5 heteroatoms. The Hall–Kier alpha value is -2.01. The number of benzene rings is 1. The summed E-state index contributed by atoms with van der Waals surface area (Å²) >= 11 is 0. The second-order valence-electron chi connectivity index (χ2n) is 7.70. The molecule has 2 heterocycles. The molecule has 5 rings (SSSR count). The van der Waals surface area contributed by atoms with E-state index < -0.39 is 0 Å². The van der Waals surface area contributed by atoms with Gasteiger partial charge in [0.25, 0.3) is 0 Å². The lowest BCUT2D eigenvalue weighted by Gasteiger charge is -2.56. The molecule has 0 radical (unpaired) electrons. The van der Waals surface area contributed by atoms with E-state index in [1.165, 1.54) is 18.1 Å². The molecular formula is C20H23NO4. The van der Waals surface area contributed by atoms with Crippen molar-refractivity contribution in [2.75, 3.05) is 20.7 Å². The number of carbonyl (C=O) groups is 1. The minimum absolute atomic E-state index is 0.122. The largest absolute Gasteiger partial charge is 0.493 e. The van der Waals surface area contributed by atoms with Crippen molar-refractivity contribution in [1.82, 2.24) is 4.90 Å². The van der Waals surface area contributed by atoms with Gasteiger partial charge in [-0.15, -0.1) is 0 Å². The SMILES string of the molecule is COc1ccc2c3c1OC1[C@@H](OC(C)=O)C=C[C@H]4[C@@H](C2)N(C)CC[C@]314. The second-order valence-corrected chi connectivity index (χ2v) is 7.70. The molecule has 0 aromatic heterocycles. The highest BCUT2D eigenvalue weighted by atomic mass is 16.6. The van der Waals surface area contributed by atoms with Crippen molar-refractivity contribution in [3.63, 3.8) is 0 Å². The standard InChI is InChI=1S/C20H23NO4/c1-11(22)24-16-7-5-13-14-10-12-4-6-15(23-3)18-17(12)20(13,19(16)25-18)8-9-21(14)2/h4-7,13-14,16,19H,8-10H2,1-3H3/t13-,14+,16-,19?,20-/m0/s1. The maximum atomic E-state index is 11.6. The molecule has 2 aliphatic heterocycles. The number of likely N-dealkylation sites (N-methyl/N-ethyl adjacent to an activating group) is 1. The predicted octanol–water partition coefficient (Wildman–Crippen LogP) is 2.07. The van der Waals surface area contributed by atoms with E-state index in [0.29, 0.717) is 12.0 Å². The molecule has 4 aliphatic rings. The Balaban J connectivity index is 1.74. The van der Waals surface area contributed by atoms with Crippen molar-refractivity contribution < 1.29 is 19.0 Å². The van der Waals surface area contributed by atoms with Crippen LogP contribution in [0.5, 0.6) is 11.5 Å². The number of piperidine rings is 1. The fourth-order valence-corrected chi connectivity index (χ4v) is 5.66. The molecule has 1 saturated heterocycles. The van der Waals surface area contributed by atoms with Crippen molar-refractivity contribution in [3.8, 4) is 11.5 Å². The molecule has 2 aliphatic carbocycles. The Morgan fingerprint density at radius 3 is 2.96 bits per heavy atom. The first-order valence-electron chi connectivity index (χ1n) is 8.99. The molecule has 25 heavy (non-hydrogen) atoms. The van der Waals surface area contributed by atoms with Crippen molar-refractivity contribution in [1.29, 1.82) is 0 Å². The molecule has 1 spiro atoms. The third-order valence-electron chi connectivity index (χ3n) is 6.64. The minimum atomic E-state index is -0.346. The first-order valence-corrected chi connectivity index (χ1v) is 8.99. The number of likely N-dealkylation sites (tertiary alicyclic amines) is 1. The smallest absolute Gasteiger partial charge is 0.303 e. The van der Waals surface area contributed by atoms with Crippen LogP contribution in [-0.2, 0) is 21.4 Å². The molecule has 1 unspecified atom stereocenters. The van der Waals surface area contributed by atoms with Gasteiger partial charge >= 0.3 is 5.97 Å². The normalized spacial score (nSPS) is 37.2. The molecule has 2 bridgehead atoms. The van der Waals surface area contributed by atoms with Gasteiger partial charge in [-0.25, -0.2) is 0 Å². The number of ether oxygens (including phenoxy) is 3. The molecule has 5 atom stereocenters. The van der Waals surface area contributed by atoms with Crippen LogP contribution in [0.15, 0.2) is 24.3 Å². The summed E-state index contributed by atoms with van der Waals surface area (Å²) in [7, 11) is 3.89. The third-order valence-corrected chi connectivity index (χ3v) is 6.64. The van der Waals surface area contributed by atoms with Crippen LogP contribution in [0.3, 0.4) is 0 Å². The monoisotopic (exact) mass is 341 g/mol. The number of methoxy groups -OCH3 is 1. The first kappa shape index (κ1) is 15.3. The van der Waals surface area contributed by atoms with Crippen molar-refractivity contribution in [2.45, 2.75) is 43.4 Å². The highest BCUT2D eigenvalue weighted by Gasteiger charge is 2.65. The van der Waals surface area contributed by atoms with Crippen molar-refractivity contribution in [3.05, 3.63) is 35.4 Å². The van der Waals surface area contributed by atoms with Gasteiger partial charge < -0.3 is 19.1 Å². The number of hydrogen-bond acceptors (Lipinski definition) is 5. The number of rotatable bonds is 2. The molecule has 0 N–H and O–H groups in total. The second kappa shape index (κ2) is 5.01. The lowest BCUT2D eigenvalue weighted by molar-refractivity contribution is -0.152. The summed E-state index contributed by atoms with van der Waals surface area (Å²) in [5.41, 5.74) is 2.53. The highest BCUT2D eigenvalue weighted by Crippen LogP contribution is 2.62. The zero-order chi connectivity index (χ0) is 17.3. The molecule has 1 aromatic carbocycles. The van der Waals surface area contributed by atoms with E-state index in [-0.39, 0.29) is 23.6 Å². The third kappa shape index (κ3) is 1.79. The summed E-state index contributed by atoms with van der Waals surface area (Å²) in [5, 5.41) is 0. The highest BCUT2D eigenvalue weighted by molar-refractivity contribution is 5.67. The topological polar surface area (TPSA) is 48.0 Å². The van der Waals surface area contributed by atoms with Gasteiger partial charge in [0.2, 0.25) is 0 Å². The maximum absolute atomic E-state index is 11.6. The summed E-state index contributed by atoms with van der Waals surface area (Å²) in [4.78, 5) is 14.1. The molecule has 0 saturated carbocycles. The van der Waals surface area contributed by atoms with E-state index in [2.05, 4.69) is 24.1 Å². The van der Waals surface area contributed by atoms with Crippen molar-refractivity contribution >= 4 is 5.97 Å². The summed E-state index contributed by atoms with van der Waals surface area (Å²) < 4.78 is 17.7. The Morgan fingerprint density at radius 1 is 1.36 bits per heavy atom. The Kier molecular flexibility index (Phi) is 3.06. The Labute approximate surface area is 147 Å². The molecule has 5 nitrogen and oxygen atoms in total. The number of carbonyl (C=O) groups excluding carboxylic acids is 1. The van der Waals surface area contributed by atoms with Crippen LogP contribution in [0, 0.1) is 5.92 Å². The fourth-order valence-electron chi connectivity index (χ4n) is 5.66. The van der Waals surface area contributed by atoms with Crippen LogP contribution in [0.2, 0.25) is 0 Å². The van der Waals surface area contributed by atoms with Gasteiger partial charge in [-0.3, -0.25) is 4.79 Å². The van der Waals surface area contributed by atoms with Gasteiger partial charge in [-0.2, -0.15) is 0 Å². The summed E-state index contributed by atoms with van der Waals surface area (Å²) in [6.45, 7) is 2.49. The molecule has 1 aromatic rings. The van der Waals surface area contributed by atoms with E-state index in [1.807, 2.05) is 12.1 Å². The van der Waals surface area contributed by atoms with Gasteiger partial charge in [0.1, 0.15) is 6.10 Å². The molecule has 0 amide bonds. The van der Waals surface area contributed by atoms with Crippen LogP contribution in [0.4, 0.5) is 0 Å². The molecule has 132 valence electrons. The van der Waals surface area contributed by atoms with E-state index in [0.717, 1.165) is 30.9 Å². The van der Waals surface area contributed by atoms with Crippen molar-refractivity contribution in [2.24, 2.45) is 5.92 Å². The number of esters is 1. The average molecular weight is 341 g/mol. The Morgan fingerprint density at radius 2 is 2.20 bits per heavy atom. The summed E-state index contributed by atoms with van der Waals surface area (Å²) in [6, 6.07) is 4.65. The molecule has 1 fully saturated rings. The van der Waals surface area contributed by atoms with Crippen LogP contribution in [0.25, 0.3) is 0 Å². The zero-order valence-corrected chi connectivity index (χ0v) is 14.8.